The Morgan fingerprint density at radius 1 is 1.73 bits per heavy atom. The summed E-state index contributed by atoms with van der Waals surface area (Å²) < 4.78 is 5.15. The minimum atomic E-state index is -0.283. The van der Waals surface area contributed by atoms with Gasteiger partial charge in [-0.15, -0.1) is 5.92 Å². The molecule has 1 aliphatic rings. The van der Waals surface area contributed by atoms with Gasteiger partial charge in [0.05, 0.1) is 6.61 Å². The lowest BCUT2D eigenvalue weighted by Gasteiger charge is -2.09. The second kappa shape index (κ2) is 2.67. The molecule has 1 heterocycles. The van der Waals surface area contributed by atoms with Gasteiger partial charge in [0.25, 0.3) is 0 Å². The molecule has 2 unspecified atom stereocenters. The Kier molecular flexibility index (Phi) is 2.01. The van der Waals surface area contributed by atoms with Gasteiger partial charge in [0.2, 0.25) is 0 Å². The molecule has 0 spiro atoms. The van der Waals surface area contributed by atoms with Crippen LogP contribution in [0.5, 0.6) is 0 Å². The first-order chi connectivity index (χ1) is 5.10. The molecule has 0 N–H and O–H groups in total. The highest BCUT2D eigenvalue weighted by atomic mass is 16.6. The number of rotatable bonds is 2. The Labute approximate surface area is 66.9 Å². The number of hydrogen-bond acceptors (Lipinski definition) is 2. The summed E-state index contributed by atoms with van der Waals surface area (Å²) in [5.74, 6) is 5.47. The third kappa shape index (κ3) is 1.61. The molecule has 0 aromatic heterocycles. The van der Waals surface area contributed by atoms with Gasteiger partial charge in [0, 0.05) is 0 Å². The maximum Gasteiger partial charge on any atom is 0.147 e. The Balaban J connectivity index is 2.73. The van der Waals surface area contributed by atoms with Crippen molar-refractivity contribution in [3.05, 3.63) is 0 Å². The molecule has 1 rings (SSSR count). The molecule has 0 saturated carbocycles. The van der Waals surface area contributed by atoms with Crippen LogP contribution in [0.1, 0.15) is 20.8 Å². The molecule has 1 saturated heterocycles. The van der Waals surface area contributed by atoms with E-state index in [1.807, 2.05) is 6.92 Å². The lowest BCUT2D eigenvalue weighted by Crippen LogP contribution is -2.25. The summed E-state index contributed by atoms with van der Waals surface area (Å²) in [5, 5.41) is 0. The second-order valence-corrected chi connectivity index (χ2v) is 3.04. The molecule has 0 bridgehead atoms. The number of epoxide rings is 1. The van der Waals surface area contributed by atoms with Crippen molar-refractivity contribution in [2.75, 3.05) is 6.61 Å². The van der Waals surface area contributed by atoms with Gasteiger partial charge in [-0.25, -0.2) is 0 Å². The van der Waals surface area contributed by atoms with Gasteiger partial charge < -0.3 is 4.74 Å². The predicted octanol–water partition coefficient (Wildman–Crippen LogP) is 1.00. The number of hydrogen-bond donors (Lipinski definition) is 0. The molecular formula is C9H12O2. The van der Waals surface area contributed by atoms with E-state index in [-0.39, 0.29) is 17.3 Å². The smallest absolute Gasteiger partial charge is 0.147 e. The van der Waals surface area contributed by atoms with E-state index in [9.17, 15) is 4.79 Å². The fourth-order valence-corrected chi connectivity index (χ4v) is 1.11. The fraction of sp³-hybridized carbons (Fsp3) is 0.667. The highest BCUT2D eigenvalue weighted by Gasteiger charge is 2.48. The van der Waals surface area contributed by atoms with Crippen molar-refractivity contribution in [1.29, 1.82) is 0 Å². The summed E-state index contributed by atoms with van der Waals surface area (Å²) >= 11 is 0. The largest absolute Gasteiger partial charge is 0.368 e. The lowest BCUT2D eigenvalue weighted by molar-refractivity contribution is -0.120. The van der Waals surface area contributed by atoms with Gasteiger partial charge in [0.1, 0.15) is 17.3 Å². The zero-order valence-corrected chi connectivity index (χ0v) is 7.10. The van der Waals surface area contributed by atoms with E-state index in [0.717, 1.165) is 0 Å². The maximum absolute atomic E-state index is 11.0. The molecule has 0 amide bonds. The van der Waals surface area contributed by atoms with Gasteiger partial charge in [-0.2, -0.15) is 0 Å². The van der Waals surface area contributed by atoms with Crippen molar-refractivity contribution in [3.63, 3.8) is 0 Å². The van der Waals surface area contributed by atoms with Crippen LogP contribution in [0, 0.1) is 17.8 Å². The van der Waals surface area contributed by atoms with Gasteiger partial charge in [-0.3, -0.25) is 4.79 Å². The molecule has 0 aromatic carbocycles. The van der Waals surface area contributed by atoms with Crippen molar-refractivity contribution in [2.45, 2.75) is 26.4 Å². The summed E-state index contributed by atoms with van der Waals surface area (Å²) in [5.41, 5.74) is -0.283. The third-order valence-corrected chi connectivity index (χ3v) is 1.91. The van der Waals surface area contributed by atoms with Crippen LogP contribution < -0.4 is 0 Å². The van der Waals surface area contributed by atoms with Crippen LogP contribution in [0.4, 0.5) is 0 Å². The van der Waals surface area contributed by atoms with Crippen LogP contribution >= 0.6 is 0 Å². The van der Waals surface area contributed by atoms with E-state index in [1.54, 1.807) is 13.8 Å². The number of carbonyl (C=O) groups excluding carboxylic acids is 1. The van der Waals surface area contributed by atoms with Crippen molar-refractivity contribution in [2.24, 2.45) is 5.92 Å². The Morgan fingerprint density at radius 2 is 2.27 bits per heavy atom. The average Bonchev–Trinajstić information content (AvgIpc) is 2.63. The molecule has 2 nitrogen and oxygen atoms in total. The monoisotopic (exact) mass is 152 g/mol. The first kappa shape index (κ1) is 8.29. The molecule has 2 heteroatoms. The quantitative estimate of drug-likeness (QED) is 0.436. The molecule has 11 heavy (non-hydrogen) atoms. The Hall–Kier alpha value is -0.810. The van der Waals surface area contributed by atoms with Gasteiger partial charge in [0.15, 0.2) is 0 Å². The topological polar surface area (TPSA) is 29.6 Å². The van der Waals surface area contributed by atoms with Crippen LogP contribution in [-0.4, -0.2) is 18.0 Å². The zero-order valence-electron chi connectivity index (χ0n) is 7.10. The second-order valence-electron chi connectivity index (χ2n) is 3.04. The summed E-state index contributed by atoms with van der Waals surface area (Å²) in [6.45, 7) is 5.87. The van der Waals surface area contributed by atoms with Crippen LogP contribution in [0.2, 0.25) is 0 Å². The standard InChI is InChI=1S/C9H12O2/c1-4-5-8(7(2)10)9(3)6-11-9/h8H,6H2,1-3H3. The SMILES string of the molecule is CC#CC(C(C)=O)C1(C)CO1. The summed E-state index contributed by atoms with van der Waals surface area (Å²) in [7, 11) is 0. The number of ether oxygens (including phenoxy) is 1. The molecule has 0 aliphatic carbocycles. The van der Waals surface area contributed by atoms with E-state index in [2.05, 4.69) is 11.8 Å². The molecule has 0 radical (unpaired) electrons. The number of ketones is 1. The molecule has 1 aliphatic heterocycles. The average molecular weight is 152 g/mol. The van der Waals surface area contributed by atoms with Crippen LogP contribution in [0.25, 0.3) is 0 Å². The summed E-state index contributed by atoms with van der Waals surface area (Å²) in [4.78, 5) is 11.0. The van der Waals surface area contributed by atoms with E-state index in [4.69, 9.17) is 4.74 Å². The van der Waals surface area contributed by atoms with Crippen molar-refractivity contribution in [3.8, 4) is 11.8 Å². The first-order valence-corrected chi connectivity index (χ1v) is 3.67. The Bertz CT molecular complexity index is 228. The van der Waals surface area contributed by atoms with E-state index >= 15 is 0 Å². The van der Waals surface area contributed by atoms with Crippen LogP contribution in [0.15, 0.2) is 0 Å². The predicted molar refractivity (Wildman–Crippen MR) is 42.0 cm³/mol. The number of Topliss-reactive ketones (excluding diaryl/α,β-unsaturated/α-hetero) is 1. The molecule has 0 aromatic rings. The minimum Gasteiger partial charge on any atom is -0.368 e. The third-order valence-electron chi connectivity index (χ3n) is 1.91. The zero-order chi connectivity index (χ0) is 8.48. The minimum absolute atomic E-state index is 0.0966. The van der Waals surface area contributed by atoms with Crippen molar-refractivity contribution in [1.82, 2.24) is 0 Å². The van der Waals surface area contributed by atoms with Gasteiger partial charge in [-0.1, -0.05) is 5.92 Å². The lowest BCUT2D eigenvalue weighted by atomic mass is 9.92. The Morgan fingerprint density at radius 3 is 2.55 bits per heavy atom. The van der Waals surface area contributed by atoms with Gasteiger partial charge in [-0.05, 0) is 20.8 Å². The van der Waals surface area contributed by atoms with Crippen LogP contribution in [-0.2, 0) is 9.53 Å². The van der Waals surface area contributed by atoms with Crippen molar-refractivity contribution >= 4 is 5.78 Å². The normalized spacial score (nSPS) is 30.1. The van der Waals surface area contributed by atoms with Crippen LogP contribution in [0.3, 0.4) is 0 Å². The summed E-state index contributed by atoms with van der Waals surface area (Å²) in [6, 6.07) is 0. The summed E-state index contributed by atoms with van der Waals surface area (Å²) in [6.07, 6.45) is 0. The van der Waals surface area contributed by atoms with Crippen molar-refractivity contribution < 1.29 is 9.53 Å². The molecule has 1 fully saturated rings. The first-order valence-electron chi connectivity index (χ1n) is 3.67. The molecule has 2 atom stereocenters. The maximum atomic E-state index is 11.0. The highest BCUT2D eigenvalue weighted by molar-refractivity contribution is 5.83. The molecular weight excluding hydrogens is 140 g/mol. The van der Waals surface area contributed by atoms with E-state index in [0.29, 0.717) is 6.61 Å². The fourth-order valence-electron chi connectivity index (χ4n) is 1.11. The number of carbonyl (C=O) groups is 1. The van der Waals surface area contributed by atoms with E-state index in [1.165, 1.54) is 0 Å². The molecule has 60 valence electrons. The van der Waals surface area contributed by atoms with E-state index < -0.39 is 0 Å². The highest BCUT2D eigenvalue weighted by Crippen LogP contribution is 2.34. The van der Waals surface area contributed by atoms with Gasteiger partial charge >= 0.3 is 0 Å².